The van der Waals surface area contributed by atoms with Crippen LogP contribution in [0.5, 0.6) is 0 Å². The first-order chi connectivity index (χ1) is 10.1. The van der Waals surface area contributed by atoms with Crippen LogP contribution in [-0.2, 0) is 12.0 Å². The highest BCUT2D eigenvalue weighted by Gasteiger charge is 2.30. The maximum absolute atomic E-state index is 5.61. The maximum atomic E-state index is 5.61. The molecule has 4 nitrogen and oxygen atoms in total. The standard InChI is InChI=1S/C16H17N3OS/c1-16(2,13-4-3-9-21-13)15-18-14(19-20-15)12-7-5-11(10-17)6-8-12/h3-9H,10,17H2,1-2H3. The lowest BCUT2D eigenvalue weighted by Crippen LogP contribution is -2.17. The molecule has 2 heterocycles. The van der Waals surface area contributed by atoms with Crippen molar-refractivity contribution in [2.24, 2.45) is 5.73 Å². The average Bonchev–Trinajstić information content (AvgIpc) is 3.19. The van der Waals surface area contributed by atoms with Gasteiger partial charge in [-0.2, -0.15) is 4.98 Å². The van der Waals surface area contributed by atoms with Crippen LogP contribution in [0.4, 0.5) is 0 Å². The molecule has 0 radical (unpaired) electrons. The molecule has 0 unspecified atom stereocenters. The fraction of sp³-hybridized carbons (Fsp3) is 0.250. The van der Waals surface area contributed by atoms with Crippen molar-refractivity contribution in [1.29, 1.82) is 0 Å². The first kappa shape index (κ1) is 14.0. The second-order valence-corrected chi connectivity index (χ2v) is 6.37. The fourth-order valence-corrected chi connectivity index (χ4v) is 2.97. The molecule has 0 aliphatic carbocycles. The van der Waals surface area contributed by atoms with Gasteiger partial charge >= 0.3 is 0 Å². The number of hydrogen-bond donors (Lipinski definition) is 1. The molecule has 0 fully saturated rings. The summed E-state index contributed by atoms with van der Waals surface area (Å²) in [5.41, 5.74) is 7.34. The lowest BCUT2D eigenvalue weighted by molar-refractivity contribution is 0.335. The number of benzene rings is 1. The summed E-state index contributed by atoms with van der Waals surface area (Å²) in [5.74, 6) is 1.24. The number of hydrogen-bond acceptors (Lipinski definition) is 5. The van der Waals surface area contributed by atoms with Gasteiger partial charge in [-0.3, -0.25) is 0 Å². The van der Waals surface area contributed by atoms with Crippen LogP contribution in [0, 0.1) is 0 Å². The molecule has 21 heavy (non-hydrogen) atoms. The lowest BCUT2D eigenvalue weighted by atomic mass is 9.91. The number of aromatic nitrogens is 2. The van der Waals surface area contributed by atoms with Crippen molar-refractivity contribution in [2.75, 3.05) is 0 Å². The van der Waals surface area contributed by atoms with Crippen molar-refractivity contribution >= 4 is 11.3 Å². The Kier molecular flexibility index (Phi) is 3.61. The second-order valence-electron chi connectivity index (χ2n) is 5.43. The molecule has 0 spiro atoms. The first-order valence-corrected chi connectivity index (χ1v) is 7.67. The van der Waals surface area contributed by atoms with E-state index in [1.54, 1.807) is 11.3 Å². The largest absolute Gasteiger partial charge is 0.338 e. The number of thiophene rings is 1. The molecule has 2 N–H and O–H groups in total. The van der Waals surface area contributed by atoms with E-state index in [1.807, 2.05) is 30.3 Å². The zero-order valence-electron chi connectivity index (χ0n) is 12.0. The van der Waals surface area contributed by atoms with Crippen LogP contribution in [0.3, 0.4) is 0 Å². The molecule has 0 bridgehead atoms. The third-order valence-electron chi connectivity index (χ3n) is 3.55. The molecule has 0 aliphatic rings. The summed E-state index contributed by atoms with van der Waals surface area (Å²) in [4.78, 5) is 5.77. The van der Waals surface area contributed by atoms with Crippen molar-refractivity contribution in [3.63, 3.8) is 0 Å². The van der Waals surface area contributed by atoms with Crippen LogP contribution < -0.4 is 5.73 Å². The molecule has 0 aliphatic heterocycles. The highest BCUT2D eigenvalue weighted by molar-refractivity contribution is 7.10. The van der Waals surface area contributed by atoms with Gasteiger partial charge in [0.05, 0.1) is 5.41 Å². The summed E-state index contributed by atoms with van der Waals surface area (Å²) in [6.07, 6.45) is 0. The van der Waals surface area contributed by atoms with Gasteiger partial charge in [0, 0.05) is 17.0 Å². The SMILES string of the molecule is CC(C)(c1nc(-c2ccc(CN)cc2)no1)c1cccs1. The van der Waals surface area contributed by atoms with E-state index < -0.39 is 0 Å². The Bertz CT molecular complexity index is 714. The average molecular weight is 299 g/mol. The summed E-state index contributed by atoms with van der Waals surface area (Å²) in [5, 5.41) is 6.16. The molecule has 5 heteroatoms. The minimum atomic E-state index is -0.281. The summed E-state index contributed by atoms with van der Waals surface area (Å²) in [6, 6.07) is 12.0. The van der Waals surface area contributed by atoms with Gasteiger partial charge in [0.1, 0.15) is 0 Å². The van der Waals surface area contributed by atoms with E-state index in [-0.39, 0.29) is 5.41 Å². The number of rotatable bonds is 4. The van der Waals surface area contributed by atoms with Crippen molar-refractivity contribution < 1.29 is 4.52 Å². The fourth-order valence-electron chi connectivity index (χ4n) is 2.12. The van der Waals surface area contributed by atoms with E-state index in [1.165, 1.54) is 4.88 Å². The predicted molar refractivity (Wildman–Crippen MR) is 84.1 cm³/mol. The van der Waals surface area contributed by atoms with Crippen LogP contribution in [0.2, 0.25) is 0 Å². The quantitative estimate of drug-likeness (QED) is 0.799. The highest BCUT2D eigenvalue weighted by Crippen LogP contribution is 2.34. The zero-order chi connectivity index (χ0) is 14.9. The zero-order valence-corrected chi connectivity index (χ0v) is 12.9. The van der Waals surface area contributed by atoms with E-state index in [0.717, 1.165) is 11.1 Å². The van der Waals surface area contributed by atoms with Gasteiger partial charge in [0.2, 0.25) is 11.7 Å². The van der Waals surface area contributed by atoms with E-state index in [0.29, 0.717) is 18.3 Å². The Morgan fingerprint density at radius 2 is 1.95 bits per heavy atom. The van der Waals surface area contributed by atoms with Gasteiger partial charge in [-0.25, -0.2) is 0 Å². The Morgan fingerprint density at radius 1 is 1.19 bits per heavy atom. The second kappa shape index (κ2) is 5.42. The molecule has 0 amide bonds. The lowest BCUT2D eigenvalue weighted by Gasteiger charge is -2.17. The molecular formula is C16H17N3OS. The minimum absolute atomic E-state index is 0.281. The third kappa shape index (κ3) is 2.62. The van der Waals surface area contributed by atoms with E-state index >= 15 is 0 Å². The monoisotopic (exact) mass is 299 g/mol. The predicted octanol–water partition coefficient (Wildman–Crippen LogP) is 3.58. The minimum Gasteiger partial charge on any atom is -0.338 e. The van der Waals surface area contributed by atoms with Crippen LogP contribution in [0.1, 0.15) is 30.2 Å². The highest BCUT2D eigenvalue weighted by atomic mass is 32.1. The Balaban J connectivity index is 1.92. The normalized spacial score (nSPS) is 11.8. The van der Waals surface area contributed by atoms with Gasteiger partial charge in [-0.1, -0.05) is 35.5 Å². The molecule has 0 saturated carbocycles. The van der Waals surface area contributed by atoms with E-state index in [2.05, 4.69) is 35.4 Å². The van der Waals surface area contributed by atoms with Gasteiger partial charge in [-0.05, 0) is 30.9 Å². The summed E-state index contributed by atoms with van der Waals surface area (Å²) in [7, 11) is 0. The van der Waals surface area contributed by atoms with Crippen molar-refractivity contribution in [3.05, 3.63) is 58.1 Å². The molecule has 3 aromatic rings. The molecule has 0 saturated heterocycles. The molecule has 2 aromatic heterocycles. The van der Waals surface area contributed by atoms with Crippen molar-refractivity contribution in [2.45, 2.75) is 25.8 Å². The van der Waals surface area contributed by atoms with Gasteiger partial charge in [0.25, 0.3) is 0 Å². The van der Waals surface area contributed by atoms with Gasteiger partial charge in [-0.15, -0.1) is 11.3 Å². The number of nitrogens with two attached hydrogens (primary N) is 1. The molecule has 1 aromatic carbocycles. The smallest absolute Gasteiger partial charge is 0.237 e. The van der Waals surface area contributed by atoms with E-state index in [4.69, 9.17) is 10.3 Å². The van der Waals surface area contributed by atoms with Gasteiger partial charge < -0.3 is 10.3 Å². The first-order valence-electron chi connectivity index (χ1n) is 6.79. The van der Waals surface area contributed by atoms with Crippen LogP contribution in [0.25, 0.3) is 11.4 Å². The number of nitrogens with zero attached hydrogens (tertiary/aromatic N) is 2. The Morgan fingerprint density at radius 3 is 2.57 bits per heavy atom. The molecule has 108 valence electrons. The van der Waals surface area contributed by atoms with Gasteiger partial charge in [0.15, 0.2) is 0 Å². The van der Waals surface area contributed by atoms with Crippen LogP contribution in [-0.4, -0.2) is 10.1 Å². The van der Waals surface area contributed by atoms with Crippen LogP contribution in [0.15, 0.2) is 46.3 Å². The van der Waals surface area contributed by atoms with Crippen molar-refractivity contribution in [3.8, 4) is 11.4 Å². The summed E-state index contributed by atoms with van der Waals surface area (Å²) >= 11 is 1.69. The van der Waals surface area contributed by atoms with E-state index in [9.17, 15) is 0 Å². The third-order valence-corrected chi connectivity index (χ3v) is 4.74. The summed E-state index contributed by atoms with van der Waals surface area (Å²) < 4.78 is 5.49. The molecule has 0 atom stereocenters. The maximum Gasteiger partial charge on any atom is 0.237 e. The van der Waals surface area contributed by atoms with Crippen LogP contribution >= 0.6 is 11.3 Å². The molecule has 3 rings (SSSR count). The topological polar surface area (TPSA) is 64.9 Å². The molecular weight excluding hydrogens is 282 g/mol. The van der Waals surface area contributed by atoms with Crippen molar-refractivity contribution in [1.82, 2.24) is 10.1 Å². The Hall–Kier alpha value is -1.98. The summed E-state index contributed by atoms with van der Waals surface area (Å²) in [6.45, 7) is 4.71. The Labute approximate surface area is 127 Å².